The number of hydrogen-bond donors (Lipinski definition) is 0. The Morgan fingerprint density at radius 1 is 1.10 bits per heavy atom. The molecule has 0 aromatic heterocycles. The predicted molar refractivity (Wildman–Crippen MR) is 75.8 cm³/mol. The Labute approximate surface area is 117 Å². The molecule has 104 valence electrons. The average molecular weight is 272 g/mol. The highest BCUT2D eigenvalue weighted by atomic mass is 19.1. The molecule has 1 aliphatic carbocycles. The Bertz CT molecular complexity index is 657. The van der Waals surface area contributed by atoms with Gasteiger partial charge in [0.05, 0.1) is 0 Å². The maximum atomic E-state index is 13.9. The lowest BCUT2D eigenvalue weighted by molar-refractivity contribution is -0.157. The molecule has 1 fully saturated rings. The fourth-order valence-corrected chi connectivity index (χ4v) is 3.32. The van der Waals surface area contributed by atoms with E-state index in [1.807, 2.05) is 18.2 Å². The molecule has 1 aliphatic rings. The predicted octanol–water partition coefficient (Wildman–Crippen LogP) is 4.31. The van der Waals surface area contributed by atoms with Crippen LogP contribution in [0.3, 0.4) is 0 Å². The molecule has 0 radical (unpaired) electrons. The van der Waals surface area contributed by atoms with Crippen LogP contribution in [0.25, 0.3) is 10.8 Å². The smallest absolute Gasteiger partial charge is 0.303 e. The summed E-state index contributed by atoms with van der Waals surface area (Å²) < 4.78 is 19.6. The summed E-state index contributed by atoms with van der Waals surface area (Å²) in [5.74, 6) is -0.513. The van der Waals surface area contributed by atoms with Gasteiger partial charge in [-0.05, 0) is 37.1 Å². The van der Waals surface area contributed by atoms with Gasteiger partial charge in [-0.2, -0.15) is 0 Å². The number of benzene rings is 2. The maximum absolute atomic E-state index is 13.9. The third-order valence-electron chi connectivity index (χ3n) is 4.11. The van der Waals surface area contributed by atoms with E-state index in [9.17, 15) is 9.18 Å². The van der Waals surface area contributed by atoms with Crippen molar-refractivity contribution in [3.05, 3.63) is 47.8 Å². The Hall–Kier alpha value is -1.90. The van der Waals surface area contributed by atoms with Crippen LogP contribution >= 0.6 is 0 Å². The van der Waals surface area contributed by atoms with Crippen LogP contribution in [-0.4, -0.2) is 5.97 Å². The van der Waals surface area contributed by atoms with E-state index < -0.39 is 5.60 Å². The molecule has 0 bridgehead atoms. The van der Waals surface area contributed by atoms with Crippen LogP contribution in [0.4, 0.5) is 4.39 Å². The summed E-state index contributed by atoms with van der Waals surface area (Å²) in [6.45, 7) is 1.44. The number of hydrogen-bond acceptors (Lipinski definition) is 2. The summed E-state index contributed by atoms with van der Waals surface area (Å²) in [6.07, 6.45) is 3.67. The highest BCUT2D eigenvalue weighted by molar-refractivity contribution is 5.87. The minimum absolute atomic E-state index is 0.236. The van der Waals surface area contributed by atoms with Gasteiger partial charge in [-0.15, -0.1) is 0 Å². The van der Waals surface area contributed by atoms with E-state index in [2.05, 4.69) is 0 Å². The molecule has 0 heterocycles. The summed E-state index contributed by atoms with van der Waals surface area (Å²) in [5, 5.41) is 1.43. The van der Waals surface area contributed by atoms with Crippen LogP contribution in [0.15, 0.2) is 36.4 Å². The largest absolute Gasteiger partial charge is 0.454 e. The number of esters is 1. The molecule has 0 unspecified atom stereocenters. The molecular weight excluding hydrogens is 255 g/mol. The number of rotatable bonds is 2. The van der Waals surface area contributed by atoms with Gasteiger partial charge in [0.2, 0.25) is 0 Å². The molecule has 3 heteroatoms. The number of halogens is 1. The van der Waals surface area contributed by atoms with Crippen LogP contribution in [0, 0.1) is 5.82 Å². The first-order chi connectivity index (χ1) is 9.62. The van der Waals surface area contributed by atoms with Crippen molar-refractivity contribution in [2.24, 2.45) is 0 Å². The van der Waals surface area contributed by atoms with Crippen molar-refractivity contribution in [1.82, 2.24) is 0 Å². The minimum atomic E-state index is -0.584. The van der Waals surface area contributed by atoms with Gasteiger partial charge in [-0.25, -0.2) is 4.39 Å². The summed E-state index contributed by atoms with van der Waals surface area (Å²) in [7, 11) is 0. The number of carbonyl (C=O) groups excluding carboxylic acids is 1. The van der Waals surface area contributed by atoms with Gasteiger partial charge in [-0.1, -0.05) is 30.3 Å². The molecule has 0 aliphatic heterocycles. The van der Waals surface area contributed by atoms with E-state index >= 15 is 0 Å². The van der Waals surface area contributed by atoms with Crippen molar-refractivity contribution in [2.75, 3.05) is 0 Å². The van der Waals surface area contributed by atoms with E-state index in [-0.39, 0.29) is 11.8 Å². The zero-order valence-corrected chi connectivity index (χ0v) is 11.5. The summed E-state index contributed by atoms with van der Waals surface area (Å²) in [5.41, 5.74) is 0.348. The molecule has 20 heavy (non-hydrogen) atoms. The van der Waals surface area contributed by atoms with Gasteiger partial charge in [0.25, 0.3) is 0 Å². The van der Waals surface area contributed by atoms with Crippen LogP contribution in [0.1, 0.15) is 38.2 Å². The SMILES string of the molecule is CC(=O)OC1(c2cccc3c(F)cccc23)CCCC1. The van der Waals surface area contributed by atoms with E-state index in [0.29, 0.717) is 5.39 Å². The Balaban J connectivity index is 2.21. The molecule has 2 aromatic rings. The van der Waals surface area contributed by atoms with Gasteiger partial charge in [-0.3, -0.25) is 4.79 Å². The van der Waals surface area contributed by atoms with E-state index in [0.717, 1.165) is 36.6 Å². The lowest BCUT2D eigenvalue weighted by Crippen LogP contribution is -2.28. The highest BCUT2D eigenvalue weighted by Gasteiger charge is 2.39. The lowest BCUT2D eigenvalue weighted by Gasteiger charge is -2.30. The van der Waals surface area contributed by atoms with Crippen LogP contribution in [0.2, 0.25) is 0 Å². The van der Waals surface area contributed by atoms with Crippen LogP contribution < -0.4 is 0 Å². The fourth-order valence-electron chi connectivity index (χ4n) is 3.32. The molecule has 0 atom stereocenters. The molecule has 0 N–H and O–H groups in total. The van der Waals surface area contributed by atoms with E-state index in [1.165, 1.54) is 13.0 Å². The second-order valence-corrected chi connectivity index (χ2v) is 5.44. The van der Waals surface area contributed by atoms with Crippen molar-refractivity contribution >= 4 is 16.7 Å². The van der Waals surface area contributed by atoms with Crippen molar-refractivity contribution in [3.63, 3.8) is 0 Å². The van der Waals surface area contributed by atoms with Crippen molar-refractivity contribution in [3.8, 4) is 0 Å². The molecular formula is C17H17FO2. The molecule has 2 nitrogen and oxygen atoms in total. The Kier molecular flexibility index (Phi) is 3.20. The maximum Gasteiger partial charge on any atom is 0.303 e. The minimum Gasteiger partial charge on any atom is -0.454 e. The number of ether oxygens (including phenoxy) is 1. The summed E-state index contributed by atoms with van der Waals surface area (Å²) >= 11 is 0. The van der Waals surface area contributed by atoms with Gasteiger partial charge < -0.3 is 4.74 Å². The average Bonchev–Trinajstić information content (AvgIpc) is 2.87. The van der Waals surface area contributed by atoms with Crippen molar-refractivity contribution < 1.29 is 13.9 Å². The molecule has 0 saturated heterocycles. The monoisotopic (exact) mass is 272 g/mol. The van der Waals surface area contributed by atoms with Gasteiger partial charge >= 0.3 is 5.97 Å². The summed E-state index contributed by atoms with van der Waals surface area (Å²) in [4.78, 5) is 11.5. The van der Waals surface area contributed by atoms with Crippen molar-refractivity contribution in [2.45, 2.75) is 38.2 Å². The summed E-state index contributed by atoms with van der Waals surface area (Å²) in [6, 6.07) is 10.6. The molecule has 1 saturated carbocycles. The first-order valence-corrected chi connectivity index (χ1v) is 7.00. The molecule has 3 rings (SSSR count). The van der Waals surface area contributed by atoms with Gasteiger partial charge in [0.1, 0.15) is 11.4 Å². The molecule has 2 aromatic carbocycles. The topological polar surface area (TPSA) is 26.3 Å². The van der Waals surface area contributed by atoms with E-state index in [1.54, 1.807) is 12.1 Å². The zero-order chi connectivity index (χ0) is 14.2. The molecule has 0 spiro atoms. The highest BCUT2D eigenvalue weighted by Crippen LogP contribution is 2.44. The fraction of sp³-hybridized carbons (Fsp3) is 0.353. The van der Waals surface area contributed by atoms with Gasteiger partial charge in [0, 0.05) is 17.9 Å². The number of fused-ring (bicyclic) bond motifs is 1. The first-order valence-electron chi connectivity index (χ1n) is 7.00. The van der Waals surface area contributed by atoms with Crippen LogP contribution in [0.5, 0.6) is 0 Å². The lowest BCUT2D eigenvalue weighted by atomic mass is 9.87. The number of carbonyl (C=O) groups is 1. The normalized spacial score (nSPS) is 17.3. The standard InChI is InChI=1S/C17H17FO2/c1-12(19)20-17(10-2-3-11-17)15-8-4-7-14-13(15)6-5-9-16(14)18/h4-9H,2-3,10-11H2,1H3. The van der Waals surface area contributed by atoms with E-state index in [4.69, 9.17) is 4.74 Å². The van der Waals surface area contributed by atoms with Crippen molar-refractivity contribution in [1.29, 1.82) is 0 Å². The molecule has 0 amide bonds. The Morgan fingerprint density at radius 2 is 1.75 bits per heavy atom. The van der Waals surface area contributed by atoms with Gasteiger partial charge in [0.15, 0.2) is 0 Å². The second kappa shape index (κ2) is 4.89. The third-order valence-corrected chi connectivity index (χ3v) is 4.11. The quantitative estimate of drug-likeness (QED) is 0.761. The zero-order valence-electron chi connectivity index (χ0n) is 11.5. The van der Waals surface area contributed by atoms with Crippen LogP contribution in [-0.2, 0) is 15.1 Å². The second-order valence-electron chi connectivity index (χ2n) is 5.44. The Morgan fingerprint density at radius 3 is 2.45 bits per heavy atom. The first kappa shape index (κ1) is 13.1. The third kappa shape index (κ3) is 2.07.